The van der Waals surface area contributed by atoms with Crippen LogP contribution in [-0.4, -0.2) is 59.7 Å². The van der Waals surface area contributed by atoms with E-state index in [4.69, 9.17) is 22.7 Å². The molecule has 16 heavy (non-hydrogen) atoms. The molecule has 0 saturated carbocycles. The van der Waals surface area contributed by atoms with Gasteiger partial charge < -0.3 is 15.4 Å². The Balaban J connectivity index is 2.39. The average Bonchev–Trinajstić information content (AvgIpc) is 2.28. The van der Waals surface area contributed by atoms with Crippen LogP contribution in [0.3, 0.4) is 0 Å². The van der Waals surface area contributed by atoms with Crippen molar-refractivity contribution >= 4 is 23.3 Å². The fourth-order valence-electron chi connectivity index (χ4n) is 1.69. The minimum atomic E-state index is -0.231. The second kappa shape index (κ2) is 6.00. The number of hydrogen-bond acceptors (Lipinski definition) is 4. The fourth-order valence-corrected chi connectivity index (χ4v) is 1.84. The Morgan fingerprint density at radius 3 is 2.44 bits per heavy atom. The van der Waals surface area contributed by atoms with Crippen molar-refractivity contribution < 1.29 is 9.53 Å². The first-order chi connectivity index (χ1) is 7.56. The lowest BCUT2D eigenvalue weighted by Gasteiger charge is -2.36. The number of ether oxygens (including phenoxy) is 1. The number of nitrogens with two attached hydrogens (primary N) is 1. The molecule has 1 atom stereocenters. The van der Waals surface area contributed by atoms with Crippen LogP contribution in [0.2, 0.25) is 0 Å². The Hall–Kier alpha value is -0.880. The number of thiocarbonyl (C=S) groups is 1. The monoisotopic (exact) mass is 245 g/mol. The van der Waals surface area contributed by atoms with E-state index in [2.05, 4.69) is 4.90 Å². The third-order valence-electron chi connectivity index (χ3n) is 2.80. The Morgan fingerprint density at radius 1 is 1.44 bits per heavy atom. The summed E-state index contributed by atoms with van der Waals surface area (Å²) in [6, 6.07) is 0.0966. The molecule has 1 rings (SSSR count). The van der Waals surface area contributed by atoms with E-state index in [1.807, 2.05) is 13.8 Å². The lowest BCUT2D eigenvalue weighted by Crippen LogP contribution is -2.54. The van der Waals surface area contributed by atoms with Crippen molar-refractivity contribution in [3.05, 3.63) is 0 Å². The molecule has 92 valence electrons. The number of amides is 1. The predicted molar refractivity (Wildman–Crippen MR) is 66.4 cm³/mol. The van der Waals surface area contributed by atoms with Crippen molar-refractivity contribution in [3.8, 4) is 0 Å². The minimum absolute atomic E-state index is 0.0966. The largest absolute Gasteiger partial charge is 0.450 e. The van der Waals surface area contributed by atoms with Crippen LogP contribution < -0.4 is 5.73 Å². The molecule has 0 radical (unpaired) electrons. The zero-order valence-electron chi connectivity index (χ0n) is 9.81. The fraction of sp³-hybridized carbons (Fsp3) is 0.800. The average molecular weight is 245 g/mol. The predicted octanol–water partition coefficient (Wildman–Crippen LogP) is 0.435. The normalized spacial score (nSPS) is 19.2. The zero-order chi connectivity index (χ0) is 12.1. The molecular weight excluding hydrogens is 226 g/mol. The Labute approximate surface area is 102 Å². The van der Waals surface area contributed by atoms with Crippen LogP contribution in [0, 0.1) is 0 Å². The molecule has 1 amide bonds. The molecule has 1 unspecified atom stereocenters. The molecule has 5 nitrogen and oxygen atoms in total. The molecule has 6 heteroatoms. The van der Waals surface area contributed by atoms with Crippen LogP contribution in [0.1, 0.15) is 13.8 Å². The quantitative estimate of drug-likeness (QED) is 0.731. The zero-order valence-corrected chi connectivity index (χ0v) is 10.6. The summed E-state index contributed by atoms with van der Waals surface area (Å²) in [7, 11) is 0. The first-order valence-corrected chi connectivity index (χ1v) is 5.92. The molecule has 1 fully saturated rings. The highest BCUT2D eigenvalue weighted by Crippen LogP contribution is 2.07. The second-order valence-corrected chi connectivity index (χ2v) is 4.27. The van der Waals surface area contributed by atoms with Gasteiger partial charge in [0.1, 0.15) is 0 Å². The van der Waals surface area contributed by atoms with Crippen LogP contribution in [0.4, 0.5) is 4.79 Å². The first-order valence-electron chi connectivity index (χ1n) is 5.51. The van der Waals surface area contributed by atoms with Gasteiger partial charge in [0.15, 0.2) is 0 Å². The van der Waals surface area contributed by atoms with E-state index in [-0.39, 0.29) is 12.1 Å². The van der Waals surface area contributed by atoms with E-state index >= 15 is 0 Å². The topological polar surface area (TPSA) is 58.8 Å². The molecule has 0 aromatic heterocycles. The van der Waals surface area contributed by atoms with Crippen LogP contribution in [-0.2, 0) is 4.74 Å². The second-order valence-electron chi connectivity index (χ2n) is 3.80. The van der Waals surface area contributed by atoms with E-state index in [0.717, 1.165) is 13.1 Å². The SMILES string of the molecule is CCOC(=O)N1CCN(C(C)C(N)=S)CC1. The van der Waals surface area contributed by atoms with Crippen molar-refractivity contribution in [2.75, 3.05) is 32.8 Å². The van der Waals surface area contributed by atoms with Crippen molar-refractivity contribution in [2.45, 2.75) is 19.9 Å². The number of rotatable bonds is 3. The molecule has 0 aromatic rings. The van der Waals surface area contributed by atoms with Crippen molar-refractivity contribution in [2.24, 2.45) is 5.73 Å². The van der Waals surface area contributed by atoms with Crippen molar-refractivity contribution in [3.63, 3.8) is 0 Å². The summed E-state index contributed by atoms with van der Waals surface area (Å²) in [5, 5.41) is 0. The summed E-state index contributed by atoms with van der Waals surface area (Å²) < 4.78 is 4.94. The molecule has 1 aliphatic rings. The van der Waals surface area contributed by atoms with Gasteiger partial charge in [-0.15, -0.1) is 0 Å². The highest BCUT2D eigenvalue weighted by Gasteiger charge is 2.25. The Kier molecular flexibility index (Phi) is 4.95. The maximum atomic E-state index is 11.4. The molecule has 1 saturated heterocycles. The molecule has 1 heterocycles. The van der Waals surface area contributed by atoms with Gasteiger partial charge in [-0.25, -0.2) is 4.79 Å². The third kappa shape index (κ3) is 3.31. The van der Waals surface area contributed by atoms with Crippen LogP contribution in [0.25, 0.3) is 0 Å². The van der Waals surface area contributed by atoms with Crippen LogP contribution in [0.15, 0.2) is 0 Å². The summed E-state index contributed by atoms with van der Waals surface area (Å²) in [5.41, 5.74) is 5.59. The number of carbonyl (C=O) groups excluding carboxylic acids is 1. The first kappa shape index (κ1) is 13.2. The van der Waals surface area contributed by atoms with E-state index in [1.54, 1.807) is 4.90 Å². The van der Waals surface area contributed by atoms with Crippen molar-refractivity contribution in [1.29, 1.82) is 0 Å². The summed E-state index contributed by atoms with van der Waals surface area (Å²) in [5.74, 6) is 0. The minimum Gasteiger partial charge on any atom is -0.450 e. The Bertz CT molecular complexity index is 265. The highest BCUT2D eigenvalue weighted by molar-refractivity contribution is 7.80. The molecule has 0 bridgehead atoms. The molecule has 1 aliphatic heterocycles. The van der Waals surface area contributed by atoms with E-state index in [0.29, 0.717) is 24.7 Å². The van der Waals surface area contributed by atoms with Crippen LogP contribution >= 0.6 is 12.2 Å². The third-order valence-corrected chi connectivity index (χ3v) is 3.14. The molecule has 0 aromatic carbocycles. The van der Waals surface area contributed by atoms with Gasteiger partial charge in [0.2, 0.25) is 0 Å². The summed E-state index contributed by atoms with van der Waals surface area (Å²) in [4.78, 5) is 15.8. The molecule has 0 spiro atoms. The van der Waals surface area contributed by atoms with Gasteiger partial charge >= 0.3 is 6.09 Å². The van der Waals surface area contributed by atoms with Crippen molar-refractivity contribution in [1.82, 2.24) is 9.80 Å². The van der Waals surface area contributed by atoms with Gasteiger partial charge in [-0.05, 0) is 13.8 Å². The number of piperazine rings is 1. The van der Waals surface area contributed by atoms with Gasteiger partial charge in [-0.3, -0.25) is 4.90 Å². The molecule has 0 aliphatic carbocycles. The number of nitrogens with zero attached hydrogens (tertiary/aromatic N) is 2. The van der Waals surface area contributed by atoms with Gasteiger partial charge in [0.25, 0.3) is 0 Å². The molecular formula is C10H19N3O2S. The van der Waals surface area contributed by atoms with Crippen LogP contribution in [0.5, 0.6) is 0 Å². The lowest BCUT2D eigenvalue weighted by atomic mass is 10.2. The summed E-state index contributed by atoms with van der Waals surface area (Å²) in [6.07, 6.45) is -0.231. The van der Waals surface area contributed by atoms with E-state index < -0.39 is 0 Å². The van der Waals surface area contributed by atoms with Gasteiger partial charge in [-0.1, -0.05) is 12.2 Å². The number of carbonyl (C=O) groups is 1. The van der Waals surface area contributed by atoms with Gasteiger partial charge in [-0.2, -0.15) is 0 Å². The van der Waals surface area contributed by atoms with E-state index in [9.17, 15) is 4.79 Å². The lowest BCUT2D eigenvalue weighted by molar-refractivity contribution is 0.0764. The maximum Gasteiger partial charge on any atom is 0.409 e. The standard InChI is InChI=1S/C10H19N3O2S/c1-3-15-10(14)13-6-4-12(5-7-13)8(2)9(11)16/h8H,3-7H2,1-2H3,(H2,11,16). The smallest absolute Gasteiger partial charge is 0.409 e. The summed E-state index contributed by atoms with van der Waals surface area (Å²) >= 11 is 4.95. The number of hydrogen-bond donors (Lipinski definition) is 1. The Morgan fingerprint density at radius 2 is 2.00 bits per heavy atom. The van der Waals surface area contributed by atoms with Gasteiger partial charge in [0, 0.05) is 26.2 Å². The van der Waals surface area contributed by atoms with Gasteiger partial charge in [0.05, 0.1) is 17.6 Å². The van der Waals surface area contributed by atoms with E-state index in [1.165, 1.54) is 0 Å². The summed E-state index contributed by atoms with van der Waals surface area (Å²) in [6.45, 7) is 7.14. The highest BCUT2D eigenvalue weighted by atomic mass is 32.1. The molecule has 2 N–H and O–H groups in total. The maximum absolute atomic E-state index is 11.4.